The SMILES string of the molecule is CC1=C(C)CCC(N=C2C(=O)NC(=O)N=C2N(C)CCNCC2C=C(O)N=CC2)=C1. The number of allylic oxidation sites excluding steroid dienone is 4. The Morgan fingerprint density at radius 1 is 1.33 bits per heavy atom. The molecule has 3 amide bonds. The number of aliphatic hydroxyl groups excluding tert-OH is 1. The lowest BCUT2D eigenvalue weighted by molar-refractivity contribution is -0.113. The molecule has 1 atom stereocenters. The maximum absolute atomic E-state index is 12.4. The zero-order valence-corrected chi connectivity index (χ0v) is 17.6. The van der Waals surface area contributed by atoms with Crippen LogP contribution in [0.15, 0.2) is 49.9 Å². The molecule has 0 radical (unpaired) electrons. The lowest BCUT2D eigenvalue weighted by atomic mass is 9.98. The smallest absolute Gasteiger partial charge is 0.349 e. The highest BCUT2D eigenvalue weighted by Gasteiger charge is 2.29. The van der Waals surface area contributed by atoms with E-state index in [-0.39, 0.29) is 23.3 Å². The van der Waals surface area contributed by atoms with Crippen molar-refractivity contribution in [3.8, 4) is 0 Å². The van der Waals surface area contributed by atoms with E-state index in [1.54, 1.807) is 24.2 Å². The first kappa shape index (κ1) is 21.6. The lowest BCUT2D eigenvalue weighted by Gasteiger charge is -2.25. The number of imide groups is 1. The Hall–Kier alpha value is -3.07. The third-order valence-corrected chi connectivity index (χ3v) is 5.33. The minimum atomic E-state index is -0.680. The zero-order chi connectivity index (χ0) is 21.7. The summed E-state index contributed by atoms with van der Waals surface area (Å²) in [7, 11) is 1.78. The molecule has 9 nitrogen and oxygen atoms in total. The summed E-state index contributed by atoms with van der Waals surface area (Å²) in [6.45, 7) is 5.96. The Morgan fingerprint density at radius 2 is 2.13 bits per heavy atom. The van der Waals surface area contributed by atoms with E-state index in [2.05, 4.69) is 32.5 Å². The molecule has 0 aromatic carbocycles. The largest absolute Gasteiger partial charge is 0.493 e. The summed E-state index contributed by atoms with van der Waals surface area (Å²) in [5, 5.41) is 15.0. The van der Waals surface area contributed by atoms with E-state index in [1.165, 1.54) is 5.57 Å². The minimum Gasteiger partial charge on any atom is -0.493 e. The number of nitrogens with one attached hydrogen (secondary N) is 2. The number of rotatable bonds is 6. The van der Waals surface area contributed by atoms with Gasteiger partial charge in [-0.15, -0.1) is 0 Å². The topological polar surface area (TPSA) is 119 Å². The second-order valence-electron chi connectivity index (χ2n) is 7.71. The van der Waals surface area contributed by atoms with Gasteiger partial charge in [0.05, 0.1) is 0 Å². The van der Waals surface area contributed by atoms with Crippen molar-refractivity contribution in [3.05, 3.63) is 34.9 Å². The fraction of sp³-hybridized carbons (Fsp3) is 0.476. The maximum atomic E-state index is 12.4. The molecule has 1 unspecified atom stereocenters. The highest BCUT2D eigenvalue weighted by Crippen LogP contribution is 2.24. The van der Waals surface area contributed by atoms with Gasteiger partial charge in [-0.1, -0.05) is 11.1 Å². The molecule has 0 aromatic rings. The van der Waals surface area contributed by atoms with Gasteiger partial charge < -0.3 is 15.3 Å². The minimum absolute atomic E-state index is 0.0457. The van der Waals surface area contributed by atoms with Gasteiger partial charge in [0.1, 0.15) is 0 Å². The van der Waals surface area contributed by atoms with Gasteiger partial charge in [0.25, 0.3) is 5.91 Å². The van der Waals surface area contributed by atoms with Gasteiger partial charge in [0, 0.05) is 38.6 Å². The van der Waals surface area contributed by atoms with E-state index in [9.17, 15) is 14.7 Å². The summed E-state index contributed by atoms with van der Waals surface area (Å²) in [5.41, 5.74) is 3.43. The van der Waals surface area contributed by atoms with Crippen molar-refractivity contribution in [2.75, 3.05) is 26.7 Å². The molecule has 3 N–H and O–H groups in total. The molecule has 3 rings (SSSR count). The predicted molar refractivity (Wildman–Crippen MR) is 117 cm³/mol. The molecule has 3 aliphatic rings. The monoisotopic (exact) mass is 412 g/mol. The number of urea groups is 1. The first-order valence-electron chi connectivity index (χ1n) is 10.1. The zero-order valence-electron chi connectivity index (χ0n) is 17.6. The molecule has 1 aliphatic carbocycles. The van der Waals surface area contributed by atoms with Crippen molar-refractivity contribution in [3.63, 3.8) is 0 Å². The van der Waals surface area contributed by atoms with Gasteiger partial charge in [-0.3, -0.25) is 10.1 Å². The van der Waals surface area contributed by atoms with Crippen LogP contribution in [0.4, 0.5) is 4.79 Å². The summed E-state index contributed by atoms with van der Waals surface area (Å²) in [4.78, 5) is 38.4. The molecule has 0 aromatic heterocycles. The number of carbonyl (C=O) groups is 2. The van der Waals surface area contributed by atoms with Crippen LogP contribution in [0.5, 0.6) is 0 Å². The third kappa shape index (κ3) is 5.50. The Labute approximate surface area is 176 Å². The normalized spacial score (nSPS) is 23.2. The Morgan fingerprint density at radius 3 is 2.87 bits per heavy atom. The molecule has 0 spiro atoms. The molecule has 30 heavy (non-hydrogen) atoms. The van der Waals surface area contributed by atoms with Crippen LogP contribution in [0.3, 0.4) is 0 Å². The van der Waals surface area contributed by atoms with Gasteiger partial charge in [0.2, 0.25) is 5.88 Å². The van der Waals surface area contributed by atoms with Crippen LogP contribution in [-0.4, -0.2) is 66.4 Å². The van der Waals surface area contributed by atoms with Crippen molar-refractivity contribution in [1.29, 1.82) is 0 Å². The number of aliphatic hydroxyl groups is 1. The maximum Gasteiger partial charge on any atom is 0.349 e. The summed E-state index contributed by atoms with van der Waals surface area (Å²) < 4.78 is 0. The first-order chi connectivity index (χ1) is 14.3. The number of hydrogen-bond acceptors (Lipinski definition) is 7. The molecule has 0 fully saturated rings. The van der Waals surface area contributed by atoms with Crippen molar-refractivity contribution in [1.82, 2.24) is 15.5 Å². The summed E-state index contributed by atoms with van der Waals surface area (Å²) in [5.74, 6) is -0.0267. The van der Waals surface area contributed by atoms with Crippen molar-refractivity contribution in [2.45, 2.75) is 33.1 Å². The van der Waals surface area contributed by atoms with Crippen LogP contribution in [0.1, 0.15) is 33.1 Å². The van der Waals surface area contributed by atoms with E-state index in [0.717, 1.165) is 30.5 Å². The molecule has 2 aliphatic heterocycles. The number of carbonyl (C=O) groups excluding carboxylic acids is 2. The van der Waals surface area contributed by atoms with Gasteiger partial charge >= 0.3 is 6.03 Å². The number of amidine groups is 1. The van der Waals surface area contributed by atoms with Crippen LogP contribution < -0.4 is 10.6 Å². The molecule has 0 saturated heterocycles. The van der Waals surface area contributed by atoms with E-state index in [0.29, 0.717) is 19.6 Å². The molecule has 0 saturated carbocycles. The highest BCUT2D eigenvalue weighted by molar-refractivity contribution is 6.69. The van der Waals surface area contributed by atoms with Gasteiger partial charge in [0.15, 0.2) is 11.5 Å². The van der Waals surface area contributed by atoms with Crippen molar-refractivity contribution >= 4 is 29.7 Å². The predicted octanol–water partition coefficient (Wildman–Crippen LogP) is 2.10. The Bertz CT molecular complexity index is 910. The van der Waals surface area contributed by atoms with Crippen LogP contribution in [0, 0.1) is 5.92 Å². The highest BCUT2D eigenvalue weighted by atomic mass is 16.3. The average molecular weight is 412 g/mol. The standard InChI is InChI=1S/C21H28N6O3/c1-13-4-5-16(10-14(13)2)24-18-19(25-21(30)26-20(18)29)27(3)9-8-22-12-15-6-7-23-17(28)11-15/h7,10-11,15,22,28H,4-6,8-9,12H2,1-3H3,(H,26,29,30). The number of hydrogen-bond donors (Lipinski definition) is 3. The molecular weight excluding hydrogens is 384 g/mol. The lowest BCUT2D eigenvalue weighted by Crippen LogP contribution is -2.50. The van der Waals surface area contributed by atoms with Crippen molar-refractivity contribution in [2.24, 2.45) is 20.9 Å². The van der Waals surface area contributed by atoms with E-state index >= 15 is 0 Å². The fourth-order valence-electron chi connectivity index (χ4n) is 3.38. The second kappa shape index (κ2) is 9.62. The molecule has 9 heteroatoms. The summed E-state index contributed by atoms with van der Waals surface area (Å²) in [6, 6.07) is -0.680. The summed E-state index contributed by atoms with van der Waals surface area (Å²) in [6.07, 6.45) is 7.83. The molecule has 2 heterocycles. The quantitative estimate of drug-likeness (QED) is 0.577. The van der Waals surface area contributed by atoms with Crippen LogP contribution >= 0.6 is 0 Å². The Balaban J connectivity index is 1.64. The van der Waals surface area contributed by atoms with Crippen LogP contribution in [0.25, 0.3) is 0 Å². The molecular formula is C21H28N6O3. The van der Waals surface area contributed by atoms with Gasteiger partial charge in [-0.25, -0.2) is 14.8 Å². The average Bonchev–Trinajstić information content (AvgIpc) is 2.69. The van der Waals surface area contributed by atoms with Crippen LogP contribution in [0.2, 0.25) is 0 Å². The van der Waals surface area contributed by atoms with Crippen LogP contribution in [-0.2, 0) is 4.79 Å². The van der Waals surface area contributed by atoms with Gasteiger partial charge in [-0.2, -0.15) is 4.99 Å². The van der Waals surface area contributed by atoms with Gasteiger partial charge in [-0.05, 0) is 51.2 Å². The number of nitrogens with zero attached hydrogens (tertiary/aromatic N) is 4. The molecule has 160 valence electrons. The second-order valence-corrected chi connectivity index (χ2v) is 7.71. The third-order valence-electron chi connectivity index (χ3n) is 5.33. The fourth-order valence-corrected chi connectivity index (χ4v) is 3.38. The van der Waals surface area contributed by atoms with E-state index in [4.69, 9.17) is 0 Å². The van der Waals surface area contributed by atoms with Crippen molar-refractivity contribution < 1.29 is 14.7 Å². The molecule has 0 bridgehead atoms. The number of amides is 3. The van der Waals surface area contributed by atoms with E-state index < -0.39 is 11.9 Å². The van der Waals surface area contributed by atoms with E-state index in [1.807, 2.05) is 13.0 Å². The first-order valence-corrected chi connectivity index (χ1v) is 10.1. The number of aliphatic imine (C=N–C) groups is 3. The number of likely N-dealkylation sites (N-methyl/N-ethyl adjacent to an activating group) is 1. The Kier molecular flexibility index (Phi) is 6.94. The summed E-state index contributed by atoms with van der Waals surface area (Å²) >= 11 is 0.